The first-order chi connectivity index (χ1) is 16.7. The molecule has 0 radical (unpaired) electrons. The highest BCUT2D eigenvalue weighted by Crippen LogP contribution is 2.35. The van der Waals surface area contributed by atoms with Gasteiger partial charge in [-0.3, -0.25) is 4.68 Å². The average molecular weight is 493 g/mol. The number of fused-ring (bicyclic) bond motifs is 1. The van der Waals surface area contributed by atoms with Crippen LogP contribution >= 0.6 is 0 Å². The first kappa shape index (κ1) is 23.2. The Bertz CT molecular complexity index is 1490. The largest absolute Gasteiger partial charge is 0.355 e. The van der Waals surface area contributed by atoms with Crippen molar-refractivity contribution < 1.29 is 8.42 Å². The highest BCUT2D eigenvalue weighted by molar-refractivity contribution is 7.90. The van der Waals surface area contributed by atoms with Crippen LogP contribution in [0.1, 0.15) is 25.3 Å². The smallest absolute Gasteiger partial charge is 0.164 e. The Morgan fingerprint density at radius 3 is 2.57 bits per heavy atom. The van der Waals surface area contributed by atoms with Crippen LogP contribution in [0.5, 0.6) is 0 Å². The summed E-state index contributed by atoms with van der Waals surface area (Å²) in [6, 6.07) is 3.82. The summed E-state index contributed by atoms with van der Waals surface area (Å²) < 4.78 is 25.0. The van der Waals surface area contributed by atoms with Crippen molar-refractivity contribution in [3.8, 4) is 11.4 Å². The molecule has 1 N–H and O–H groups in total. The molecule has 1 fully saturated rings. The highest BCUT2D eigenvalue weighted by Gasteiger charge is 2.31. The van der Waals surface area contributed by atoms with Crippen molar-refractivity contribution in [2.75, 3.05) is 35.3 Å². The number of nitrogens with zero attached hydrogens (tertiary/aromatic N) is 7. The van der Waals surface area contributed by atoms with E-state index in [1.807, 2.05) is 31.7 Å². The van der Waals surface area contributed by atoms with Gasteiger partial charge in [-0.1, -0.05) is 13.8 Å². The Morgan fingerprint density at radius 1 is 1.09 bits per heavy atom. The Balaban J connectivity index is 1.44. The Kier molecular flexibility index (Phi) is 5.87. The van der Waals surface area contributed by atoms with E-state index in [0.29, 0.717) is 30.5 Å². The lowest BCUT2D eigenvalue weighted by molar-refractivity contribution is 0.442. The molecule has 4 aromatic rings. The first-order valence-corrected chi connectivity index (χ1v) is 13.5. The van der Waals surface area contributed by atoms with Gasteiger partial charge in [-0.15, -0.1) is 0 Å². The van der Waals surface area contributed by atoms with Crippen molar-refractivity contribution in [3.63, 3.8) is 0 Å². The van der Waals surface area contributed by atoms with Gasteiger partial charge >= 0.3 is 0 Å². The molecule has 1 saturated heterocycles. The zero-order chi connectivity index (χ0) is 24.7. The van der Waals surface area contributed by atoms with Gasteiger partial charge < -0.3 is 10.2 Å². The van der Waals surface area contributed by atoms with E-state index in [1.54, 1.807) is 23.1 Å². The number of anilines is 3. The first-order valence-electron chi connectivity index (χ1n) is 11.5. The van der Waals surface area contributed by atoms with Crippen molar-refractivity contribution in [1.82, 2.24) is 29.7 Å². The van der Waals surface area contributed by atoms with Gasteiger partial charge in [0.2, 0.25) is 0 Å². The summed E-state index contributed by atoms with van der Waals surface area (Å²) in [6.45, 7) is 5.63. The molecule has 0 saturated carbocycles. The molecule has 5 heterocycles. The lowest BCUT2D eigenvalue weighted by Gasteiger charge is -2.40. The third kappa shape index (κ3) is 4.95. The number of pyridine rings is 2. The van der Waals surface area contributed by atoms with E-state index >= 15 is 0 Å². The number of hydrogen-bond donors (Lipinski definition) is 1. The number of hydrogen-bond acceptors (Lipinski definition) is 9. The molecule has 0 atom stereocenters. The quantitative estimate of drug-likeness (QED) is 0.415. The second-order valence-corrected chi connectivity index (χ2v) is 11.6. The lowest BCUT2D eigenvalue weighted by Crippen LogP contribution is -2.50. The SMILES string of the molecule is CC(C)c1cnc(N2CC(CS(C)(=O)=O)C2)c2cnc(Nc3ccnc(-c4cnn(C)c4)n3)cc12. The fourth-order valence-corrected chi connectivity index (χ4v) is 5.50. The second-order valence-electron chi connectivity index (χ2n) is 9.46. The van der Waals surface area contributed by atoms with Crippen LogP contribution in [-0.4, -0.2) is 63.2 Å². The molecule has 182 valence electrons. The topological polar surface area (TPSA) is 119 Å². The van der Waals surface area contributed by atoms with Gasteiger partial charge in [0.15, 0.2) is 5.82 Å². The van der Waals surface area contributed by atoms with Crippen molar-refractivity contribution >= 4 is 38.1 Å². The van der Waals surface area contributed by atoms with E-state index in [1.165, 1.54) is 6.26 Å². The standard InChI is InChI=1S/C24H28N8O2S/c1-15(2)19-9-27-24(32-11-16(12-32)14-35(4,33)34)20-10-26-22(7-18(19)20)29-21-5-6-25-23(30-21)17-8-28-31(3)13-17/h5-10,13,15-16H,11-12,14H2,1-4H3,(H,25,26,29,30). The fraction of sp³-hybridized carbons (Fsp3) is 0.375. The lowest BCUT2D eigenvalue weighted by atomic mass is 9.97. The van der Waals surface area contributed by atoms with Crippen LogP contribution in [0.15, 0.2) is 43.1 Å². The van der Waals surface area contributed by atoms with E-state index in [0.717, 1.165) is 27.7 Å². The molecule has 1 aliphatic heterocycles. The Hall–Kier alpha value is -3.60. The molecule has 0 spiro atoms. The summed E-state index contributed by atoms with van der Waals surface area (Å²) in [5, 5.41) is 9.51. The van der Waals surface area contributed by atoms with Gasteiger partial charge in [0.05, 0.1) is 17.5 Å². The molecule has 11 heteroatoms. The maximum absolute atomic E-state index is 11.6. The van der Waals surface area contributed by atoms with Crippen molar-refractivity contribution in [2.45, 2.75) is 19.8 Å². The minimum Gasteiger partial charge on any atom is -0.355 e. The molecule has 5 rings (SSSR count). The number of aryl methyl sites for hydroxylation is 1. The summed E-state index contributed by atoms with van der Waals surface area (Å²) >= 11 is 0. The van der Waals surface area contributed by atoms with Crippen LogP contribution < -0.4 is 10.2 Å². The van der Waals surface area contributed by atoms with Crippen molar-refractivity contribution in [3.05, 3.63) is 48.7 Å². The van der Waals surface area contributed by atoms with Gasteiger partial charge in [0.1, 0.15) is 27.3 Å². The van der Waals surface area contributed by atoms with E-state index in [9.17, 15) is 8.42 Å². The molecule has 0 aromatic carbocycles. The van der Waals surface area contributed by atoms with Crippen LogP contribution in [0.4, 0.5) is 17.5 Å². The van der Waals surface area contributed by atoms with Crippen LogP contribution in [-0.2, 0) is 16.9 Å². The maximum atomic E-state index is 11.6. The Morgan fingerprint density at radius 2 is 1.89 bits per heavy atom. The minimum atomic E-state index is -2.99. The maximum Gasteiger partial charge on any atom is 0.164 e. The highest BCUT2D eigenvalue weighted by atomic mass is 32.2. The van der Waals surface area contributed by atoms with Gasteiger partial charge in [-0.05, 0) is 29.0 Å². The molecule has 0 amide bonds. The van der Waals surface area contributed by atoms with E-state index < -0.39 is 9.84 Å². The van der Waals surface area contributed by atoms with Crippen molar-refractivity contribution in [2.24, 2.45) is 13.0 Å². The molecule has 0 aliphatic carbocycles. The predicted octanol–water partition coefficient (Wildman–Crippen LogP) is 3.17. The van der Waals surface area contributed by atoms with Gasteiger partial charge in [0.25, 0.3) is 0 Å². The monoisotopic (exact) mass is 492 g/mol. The molecule has 0 bridgehead atoms. The molecule has 1 aliphatic rings. The molecule has 35 heavy (non-hydrogen) atoms. The number of aromatic nitrogens is 6. The summed E-state index contributed by atoms with van der Waals surface area (Å²) in [5.41, 5.74) is 1.96. The van der Waals surface area contributed by atoms with Crippen LogP contribution in [0, 0.1) is 5.92 Å². The normalized spacial score (nSPS) is 14.5. The number of nitrogens with one attached hydrogen (secondary N) is 1. The average Bonchev–Trinajstić information content (AvgIpc) is 3.21. The van der Waals surface area contributed by atoms with Crippen LogP contribution in [0.2, 0.25) is 0 Å². The van der Waals surface area contributed by atoms with Gasteiger partial charge in [-0.25, -0.2) is 28.4 Å². The summed E-state index contributed by atoms with van der Waals surface area (Å²) in [4.78, 5) is 20.5. The van der Waals surface area contributed by atoms with E-state index in [-0.39, 0.29) is 17.6 Å². The van der Waals surface area contributed by atoms with Crippen LogP contribution in [0.3, 0.4) is 0 Å². The van der Waals surface area contributed by atoms with Gasteiger partial charge in [-0.2, -0.15) is 5.10 Å². The summed E-state index contributed by atoms with van der Waals surface area (Å²) in [7, 11) is -1.13. The second kappa shape index (κ2) is 8.88. The van der Waals surface area contributed by atoms with Gasteiger partial charge in [0, 0.05) is 62.5 Å². The third-order valence-corrected chi connectivity index (χ3v) is 7.15. The molecule has 4 aromatic heterocycles. The van der Waals surface area contributed by atoms with Crippen molar-refractivity contribution in [1.29, 1.82) is 0 Å². The van der Waals surface area contributed by atoms with E-state index in [4.69, 9.17) is 4.98 Å². The number of sulfone groups is 1. The summed E-state index contributed by atoms with van der Waals surface area (Å²) in [6.07, 6.45) is 10.3. The third-order valence-electron chi connectivity index (χ3n) is 6.07. The summed E-state index contributed by atoms with van der Waals surface area (Å²) in [5.74, 6) is 3.35. The Labute approximate surface area is 204 Å². The fourth-order valence-electron chi connectivity index (χ4n) is 4.43. The number of rotatable bonds is 7. The molecular formula is C24H28N8O2S. The molecular weight excluding hydrogens is 464 g/mol. The minimum absolute atomic E-state index is 0.132. The zero-order valence-corrected chi connectivity index (χ0v) is 21.0. The molecule has 10 nitrogen and oxygen atoms in total. The predicted molar refractivity (Wildman–Crippen MR) is 137 cm³/mol. The van der Waals surface area contributed by atoms with Crippen LogP contribution in [0.25, 0.3) is 22.2 Å². The zero-order valence-electron chi connectivity index (χ0n) is 20.2. The van der Waals surface area contributed by atoms with E-state index in [2.05, 4.69) is 44.1 Å². The molecule has 0 unspecified atom stereocenters.